The van der Waals surface area contributed by atoms with E-state index < -0.39 is 15.9 Å². The van der Waals surface area contributed by atoms with Crippen LogP contribution in [0.25, 0.3) is 11.0 Å². The summed E-state index contributed by atoms with van der Waals surface area (Å²) in [5.41, 5.74) is 0.981. The minimum atomic E-state index is -3.63. The number of fused-ring (bicyclic) bond motifs is 1. The second kappa shape index (κ2) is 7.46. The van der Waals surface area contributed by atoms with E-state index >= 15 is 0 Å². The van der Waals surface area contributed by atoms with Crippen molar-refractivity contribution in [1.29, 1.82) is 0 Å². The average Bonchev–Trinajstić information content (AvgIpc) is 3.06. The van der Waals surface area contributed by atoms with E-state index in [4.69, 9.17) is 4.42 Å². The molecule has 0 saturated carbocycles. The molecule has 0 radical (unpaired) electrons. The number of carbonyl (C=O) groups is 1. The maximum absolute atomic E-state index is 12.7. The number of furan rings is 1. The van der Waals surface area contributed by atoms with Gasteiger partial charge in [-0.25, -0.2) is 12.7 Å². The lowest BCUT2D eigenvalue weighted by molar-refractivity contribution is 0.0934. The van der Waals surface area contributed by atoms with Crippen LogP contribution < -0.4 is 5.32 Å². The van der Waals surface area contributed by atoms with Gasteiger partial charge in [-0.3, -0.25) is 4.79 Å². The second-order valence-corrected chi connectivity index (χ2v) is 9.32. The molecule has 1 heterocycles. The van der Waals surface area contributed by atoms with Gasteiger partial charge in [0.25, 0.3) is 5.91 Å². The Labute approximate surface area is 166 Å². The van der Waals surface area contributed by atoms with Gasteiger partial charge in [0.1, 0.15) is 11.3 Å². The zero-order valence-electron chi connectivity index (χ0n) is 15.1. The standard InChI is InChI=1S/C19H19BrN2O4S/c1-12(18-10-13-6-4-5-7-17(13)26-18)21-19(23)15-11-14(8-9-16(15)20)27(24,25)22(2)3/h4-12H,1-3H3,(H,21,23)/t12-/m0/s1. The molecule has 0 bridgehead atoms. The number of nitrogens with one attached hydrogen (secondary N) is 1. The Morgan fingerprint density at radius 3 is 2.52 bits per heavy atom. The van der Waals surface area contributed by atoms with Gasteiger partial charge in [-0.1, -0.05) is 18.2 Å². The van der Waals surface area contributed by atoms with E-state index in [9.17, 15) is 13.2 Å². The third-order valence-electron chi connectivity index (χ3n) is 4.18. The zero-order chi connectivity index (χ0) is 19.8. The van der Waals surface area contributed by atoms with Crippen molar-refractivity contribution in [3.8, 4) is 0 Å². The Morgan fingerprint density at radius 1 is 1.15 bits per heavy atom. The van der Waals surface area contributed by atoms with Gasteiger partial charge in [-0.2, -0.15) is 0 Å². The number of carbonyl (C=O) groups excluding carboxylic acids is 1. The van der Waals surface area contributed by atoms with Gasteiger partial charge in [0.15, 0.2) is 0 Å². The summed E-state index contributed by atoms with van der Waals surface area (Å²) in [6.07, 6.45) is 0. The number of benzene rings is 2. The molecular weight excluding hydrogens is 432 g/mol. The predicted molar refractivity (Wildman–Crippen MR) is 107 cm³/mol. The number of sulfonamides is 1. The highest BCUT2D eigenvalue weighted by Crippen LogP contribution is 2.26. The molecule has 0 fully saturated rings. The Bertz CT molecular complexity index is 1070. The van der Waals surface area contributed by atoms with Gasteiger partial charge in [0.2, 0.25) is 10.0 Å². The van der Waals surface area contributed by atoms with Crippen molar-refractivity contribution in [2.45, 2.75) is 17.9 Å². The minimum absolute atomic E-state index is 0.0530. The van der Waals surface area contributed by atoms with E-state index in [0.717, 1.165) is 15.3 Å². The fraction of sp³-hybridized carbons (Fsp3) is 0.211. The number of hydrogen-bond donors (Lipinski definition) is 1. The molecule has 142 valence electrons. The number of para-hydroxylation sites is 1. The Morgan fingerprint density at radius 2 is 1.85 bits per heavy atom. The number of hydrogen-bond acceptors (Lipinski definition) is 4. The molecule has 8 heteroatoms. The molecule has 0 unspecified atom stereocenters. The molecule has 27 heavy (non-hydrogen) atoms. The first-order valence-corrected chi connectivity index (χ1v) is 10.4. The molecule has 0 aliphatic carbocycles. The normalized spacial score (nSPS) is 13.1. The SMILES string of the molecule is C[C@H](NC(=O)c1cc(S(=O)(=O)N(C)C)ccc1Br)c1cc2ccccc2o1. The van der Waals surface area contributed by atoms with Crippen LogP contribution in [0.15, 0.2) is 62.3 Å². The molecule has 0 aliphatic rings. The highest BCUT2D eigenvalue weighted by atomic mass is 79.9. The largest absolute Gasteiger partial charge is 0.459 e. The Balaban J connectivity index is 1.87. The monoisotopic (exact) mass is 450 g/mol. The number of rotatable bonds is 5. The van der Waals surface area contributed by atoms with Crippen LogP contribution in [0.4, 0.5) is 0 Å². The van der Waals surface area contributed by atoms with Crippen molar-refractivity contribution in [2.75, 3.05) is 14.1 Å². The van der Waals surface area contributed by atoms with Crippen LogP contribution in [0.2, 0.25) is 0 Å². The van der Waals surface area contributed by atoms with Crippen molar-refractivity contribution in [3.63, 3.8) is 0 Å². The summed E-state index contributed by atoms with van der Waals surface area (Å²) in [6, 6.07) is 13.5. The number of amides is 1. The van der Waals surface area contributed by atoms with Crippen molar-refractivity contribution in [1.82, 2.24) is 9.62 Å². The smallest absolute Gasteiger partial charge is 0.253 e. The van der Waals surface area contributed by atoms with Crippen LogP contribution in [0.5, 0.6) is 0 Å². The molecule has 1 aromatic heterocycles. The lowest BCUT2D eigenvalue weighted by Gasteiger charge is -2.15. The highest BCUT2D eigenvalue weighted by Gasteiger charge is 2.22. The van der Waals surface area contributed by atoms with E-state index in [0.29, 0.717) is 10.2 Å². The van der Waals surface area contributed by atoms with Crippen LogP contribution >= 0.6 is 15.9 Å². The van der Waals surface area contributed by atoms with E-state index in [1.54, 1.807) is 6.07 Å². The summed E-state index contributed by atoms with van der Waals surface area (Å²) in [4.78, 5) is 12.8. The lowest BCUT2D eigenvalue weighted by atomic mass is 10.1. The molecule has 3 rings (SSSR count). The summed E-state index contributed by atoms with van der Waals surface area (Å²) in [6.45, 7) is 1.81. The second-order valence-electron chi connectivity index (χ2n) is 6.31. The van der Waals surface area contributed by atoms with E-state index in [1.165, 1.54) is 26.2 Å². The van der Waals surface area contributed by atoms with Crippen LogP contribution in [0.3, 0.4) is 0 Å². The third kappa shape index (κ3) is 3.92. The Kier molecular flexibility index (Phi) is 5.41. The molecular formula is C19H19BrN2O4S. The van der Waals surface area contributed by atoms with Gasteiger partial charge in [0.05, 0.1) is 16.5 Å². The van der Waals surface area contributed by atoms with Gasteiger partial charge < -0.3 is 9.73 Å². The van der Waals surface area contributed by atoms with Crippen LogP contribution in [-0.2, 0) is 10.0 Å². The van der Waals surface area contributed by atoms with Gasteiger partial charge >= 0.3 is 0 Å². The van der Waals surface area contributed by atoms with Gasteiger partial charge in [0, 0.05) is 24.0 Å². The maximum Gasteiger partial charge on any atom is 0.253 e. The van der Waals surface area contributed by atoms with E-state index in [1.807, 2.05) is 37.3 Å². The number of nitrogens with zero attached hydrogens (tertiary/aromatic N) is 1. The molecule has 0 saturated heterocycles. The zero-order valence-corrected chi connectivity index (χ0v) is 17.5. The molecule has 1 amide bonds. The first-order chi connectivity index (χ1) is 12.7. The van der Waals surface area contributed by atoms with Crippen molar-refractivity contribution >= 4 is 42.8 Å². The maximum atomic E-state index is 12.7. The Hall–Kier alpha value is -2.16. The molecule has 2 aromatic carbocycles. The minimum Gasteiger partial charge on any atom is -0.459 e. The molecule has 0 aliphatic heterocycles. The fourth-order valence-electron chi connectivity index (χ4n) is 2.61. The summed E-state index contributed by atoms with van der Waals surface area (Å²) in [5, 5.41) is 3.80. The van der Waals surface area contributed by atoms with Crippen molar-refractivity contribution < 1.29 is 17.6 Å². The summed E-state index contributed by atoms with van der Waals surface area (Å²) in [7, 11) is -0.743. The summed E-state index contributed by atoms with van der Waals surface area (Å²) < 4.78 is 32.0. The summed E-state index contributed by atoms with van der Waals surface area (Å²) in [5.74, 6) is 0.225. The van der Waals surface area contributed by atoms with Crippen molar-refractivity contribution in [2.24, 2.45) is 0 Å². The first-order valence-electron chi connectivity index (χ1n) is 8.21. The summed E-state index contributed by atoms with van der Waals surface area (Å²) >= 11 is 3.32. The van der Waals surface area contributed by atoms with Gasteiger partial charge in [-0.05, 0) is 53.2 Å². The fourth-order valence-corrected chi connectivity index (χ4v) is 3.97. The average molecular weight is 451 g/mol. The van der Waals surface area contributed by atoms with Crippen LogP contribution in [-0.4, -0.2) is 32.7 Å². The molecule has 1 atom stereocenters. The lowest BCUT2D eigenvalue weighted by Crippen LogP contribution is -2.27. The molecule has 6 nitrogen and oxygen atoms in total. The molecule has 3 aromatic rings. The first kappa shape index (κ1) is 19.6. The molecule has 1 N–H and O–H groups in total. The van der Waals surface area contributed by atoms with E-state index in [-0.39, 0.29) is 16.5 Å². The molecule has 0 spiro atoms. The van der Waals surface area contributed by atoms with Crippen LogP contribution in [0, 0.1) is 0 Å². The highest BCUT2D eigenvalue weighted by molar-refractivity contribution is 9.10. The quantitative estimate of drug-likeness (QED) is 0.638. The van der Waals surface area contributed by atoms with Crippen molar-refractivity contribution in [3.05, 3.63) is 64.3 Å². The topological polar surface area (TPSA) is 79.6 Å². The van der Waals surface area contributed by atoms with Gasteiger partial charge in [-0.15, -0.1) is 0 Å². The van der Waals surface area contributed by atoms with Crippen LogP contribution in [0.1, 0.15) is 29.1 Å². The third-order valence-corrected chi connectivity index (χ3v) is 6.68. The number of halogens is 1. The predicted octanol–water partition coefficient (Wildman–Crippen LogP) is 3.94. The van der Waals surface area contributed by atoms with E-state index in [2.05, 4.69) is 21.2 Å².